The van der Waals surface area contributed by atoms with E-state index in [1.807, 2.05) is 36.9 Å². The van der Waals surface area contributed by atoms with Crippen LogP contribution >= 0.6 is 15.9 Å². The van der Waals surface area contributed by atoms with Crippen molar-refractivity contribution in [2.75, 3.05) is 0 Å². The second kappa shape index (κ2) is 5.63. The maximum atomic E-state index is 4.40. The van der Waals surface area contributed by atoms with Gasteiger partial charge in [-0.3, -0.25) is 4.68 Å². The molecule has 2 heterocycles. The van der Waals surface area contributed by atoms with Gasteiger partial charge in [0.05, 0.1) is 11.4 Å². The summed E-state index contributed by atoms with van der Waals surface area (Å²) in [5.41, 5.74) is 4.60. The largest absolute Gasteiger partial charge is 0.307 e. The van der Waals surface area contributed by atoms with E-state index in [0.717, 1.165) is 29.1 Å². The van der Waals surface area contributed by atoms with Gasteiger partial charge < -0.3 is 5.32 Å². The summed E-state index contributed by atoms with van der Waals surface area (Å²) in [7, 11) is 1.97. The van der Waals surface area contributed by atoms with E-state index < -0.39 is 0 Å². The van der Waals surface area contributed by atoms with Crippen molar-refractivity contribution in [3.63, 3.8) is 0 Å². The number of aromatic nitrogens is 3. The van der Waals surface area contributed by atoms with Crippen LogP contribution in [0.25, 0.3) is 0 Å². The van der Waals surface area contributed by atoms with Gasteiger partial charge in [-0.15, -0.1) is 0 Å². The highest BCUT2D eigenvalue weighted by molar-refractivity contribution is 9.10. The molecule has 96 valence electrons. The molecule has 0 saturated heterocycles. The Morgan fingerprint density at radius 1 is 1.28 bits per heavy atom. The van der Waals surface area contributed by atoms with Gasteiger partial charge in [-0.1, -0.05) is 6.07 Å². The highest BCUT2D eigenvalue weighted by Gasteiger charge is 2.08. The molecule has 0 fully saturated rings. The molecule has 0 aliphatic heterocycles. The van der Waals surface area contributed by atoms with Crippen LogP contribution in [0, 0.1) is 13.8 Å². The molecule has 2 aromatic heterocycles. The maximum absolute atomic E-state index is 4.40. The smallest absolute Gasteiger partial charge is 0.106 e. The number of halogens is 1. The molecule has 1 N–H and O–H groups in total. The lowest BCUT2D eigenvalue weighted by Crippen LogP contribution is -2.14. The van der Waals surface area contributed by atoms with E-state index in [4.69, 9.17) is 0 Å². The van der Waals surface area contributed by atoms with Crippen LogP contribution in [0.15, 0.2) is 22.8 Å². The molecule has 0 atom stereocenters. The van der Waals surface area contributed by atoms with Crippen molar-refractivity contribution in [3.05, 3.63) is 45.4 Å². The standard InChI is InChI=1S/C13H17BrN4/c1-9-12(10(2)18(3)17-9)8-15-7-11-5-4-6-13(14)16-11/h4-6,15H,7-8H2,1-3H3. The van der Waals surface area contributed by atoms with Crippen molar-refractivity contribution in [3.8, 4) is 0 Å². The fourth-order valence-electron chi connectivity index (χ4n) is 1.94. The molecule has 0 amide bonds. The molecule has 2 rings (SSSR count). The Morgan fingerprint density at radius 2 is 2.06 bits per heavy atom. The molecule has 2 aromatic rings. The lowest BCUT2D eigenvalue weighted by molar-refractivity contribution is 0.671. The highest BCUT2D eigenvalue weighted by Crippen LogP contribution is 2.11. The SMILES string of the molecule is Cc1nn(C)c(C)c1CNCc1cccc(Br)n1. The summed E-state index contributed by atoms with van der Waals surface area (Å²) in [5.74, 6) is 0. The number of nitrogens with zero attached hydrogens (tertiary/aromatic N) is 3. The average molecular weight is 309 g/mol. The number of rotatable bonds is 4. The topological polar surface area (TPSA) is 42.7 Å². The lowest BCUT2D eigenvalue weighted by Gasteiger charge is -2.05. The summed E-state index contributed by atoms with van der Waals surface area (Å²) in [5, 5.41) is 7.81. The number of hydrogen-bond donors (Lipinski definition) is 1. The van der Waals surface area contributed by atoms with Crippen molar-refractivity contribution in [1.82, 2.24) is 20.1 Å². The Bertz CT molecular complexity index is 548. The highest BCUT2D eigenvalue weighted by atomic mass is 79.9. The lowest BCUT2D eigenvalue weighted by atomic mass is 10.2. The molecule has 18 heavy (non-hydrogen) atoms. The molecule has 0 aliphatic rings. The zero-order valence-electron chi connectivity index (χ0n) is 10.9. The van der Waals surface area contributed by atoms with Crippen LogP contribution in [0.2, 0.25) is 0 Å². The van der Waals surface area contributed by atoms with Crippen molar-refractivity contribution >= 4 is 15.9 Å². The summed E-state index contributed by atoms with van der Waals surface area (Å²) < 4.78 is 2.79. The fraction of sp³-hybridized carbons (Fsp3) is 0.385. The van der Waals surface area contributed by atoms with Crippen LogP contribution in [0.3, 0.4) is 0 Å². The molecule has 0 aromatic carbocycles. The summed E-state index contributed by atoms with van der Waals surface area (Å²) in [6.07, 6.45) is 0. The minimum Gasteiger partial charge on any atom is -0.307 e. The Labute approximate surface area is 116 Å². The van der Waals surface area contributed by atoms with Crippen LogP contribution in [-0.4, -0.2) is 14.8 Å². The van der Waals surface area contributed by atoms with Gasteiger partial charge in [0.15, 0.2) is 0 Å². The fourth-order valence-corrected chi connectivity index (χ4v) is 2.32. The van der Waals surface area contributed by atoms with Gasteiger partial charge in [-0.25, -0.2) is 4.98 Å². The first-order valence-corrected chi connectivity index (χ1v) is 6.68. The summed E-state index contributed by atoms with van der Waals surface area (Å²) in [6.45, 7) is 5.71. The third-order valence-electron chi connectivity index (χ3n) is 3.04. The molecule has 0 unspecified atom stereocenters. The predicted octanol–water partition coefficient (Wildman–Crippen LogP) is 2.48. The van der Waals surface area contributed by atoms with Crippen LogP contribution in [0.1, 0.15) is 22.6 Å². The molecule has 0 bridgehead atoms. The first kappa shape index (κ1) is 13.2. The Morgan fingerprint density at radius 3 is 2.67 bits per heavy atom. The number of nitrogens with one attached hydrogen (secondary N) is 1. The maximum Gasteiger partial charge on any atom is 0.106 e. The second-order valence-corrected chi connectivity index (χ2v) is 5.14. The van der Waals surface area contributed by atoms with Gasteiger partial charge in [0.1, 0.15) is 4.60 Å². The summed E-state index contributed by atoms with van der Waals surface area (Å²) in [4.78, 5) is 4.39. The summed E-state index contributed by atoms with van der Waals surface area (Å²) >= 11 is 3.37. The molecule has 0 aliphatic carbocycles. The van der Waals surface area contributed by atoms with E-state index in [1.54, 1.807) is 0 Å². The van der Waals surface area contributed by atoms with Crippen molar-refractivity contribution in [2.24, 2.45) is 7.05 Å². The van der Waals surface area contributed by atoms with E-state index in [9.17, 15) is 0 Å². The van der Waals surface area contributed by atoms with Crippen molar-refractivity contribution < 1.29 is 0 Å². The van der Waals surface area contributed by atoms with Crippen molar-refractivity contribution in [1.29, 1.82) is 0 Å². The molecule has 0 saturated carbocycles. The third kappa shape index (κ3) is 2.97. The third-order valence-corrected chi connectivity index (χ3v) is 3.48. The predicted molar refractivity (Wildman–Crippen MR) is 75.2 cm³/mol. The number of aryl methyl sites for hydroxylation is 2. The monoisotopic (exact) mass is 308 g/mol. The first-order chi connectivity index (χ1) is 8.58. The molecule has 0 radical (unpaired) electrons. The normalized spacial score (nSPS) is 10.9. The molecule has 0 spiro atoms. The van der Waals surface area contributed by atoms with Gasteiger partial charge in [-0.2, -0.15) is 5.10 Å². The second-order valence-electron chi connectivity index (χ2n) is 4.33. The average Bonchev–Trinajstić information content (AvgIpc) is 2.56. The van der Waals surface area contributed by atoms with E-state index in [2.05, 4.69) is 38.3 Å². The first-order valence-electron chi connectivity index (χ1n) is 5.89. The molecular weight excluding hydrogens is 292 g/mol. The molecular formula is C13H17BrN4. The van der Waals surface area contributed by atoms with E-state index in [1.165, 1.54) is 11.3 Å². The van der Waals surface area contributed by atoms with E-state index in [-0.39, 0.29) is 0 Å². The summed E-state index contributed by atoms with van der Waals surface area (Å²) in [6, 6.07) is 5.94. The minimum atomic E-state index is 0.757. The van der Waals surface area contributed by atoms with E-state index in [0.29, 0.717) is 0 Å². The molecule has 5 heteroatoms. The number of hydrogen-bond acceptors (Lipinski definition) is 3. The van der Waals surface area contributed by atoms with Gasteiger partial charge >= 0.3 is 0 Å². The van der Waals surface area contributed by atoms with Crippen LogP contribution in [-0.2, 0) is 20.1 Å². The van der Waals surface area contributed by atoms with Gasteiger partial charge in [0.25, 0.3) is 0 Å². The van der Waals surface area contributed by atoms with Crippen LogP contribution in [0.4, 0.5) is 0 Å². The quantitative estimate of drug-likeness (QED) is 0.882. The van der Waals surface area contributed by atoms with Gasteiger partial charge in [-0.05, 0) is 41.9 Å². The zero-order valence-corrected chi connectivity index (χ0v) is 12.5. The Hall–Kier alpha value is -1.20. The number of pyridine rings is 1. The van der Waals surface area contributed by atoms with Crippen molar-refractivity contribution in [2.45, 2.75) is 26.9 Å². The van der Waals surface area contributed by atoms with Gasteiger partial charge in [0, 0.05) is 31.4 Å². The van der Waals surface area contributed by atoms with Gasteiger partial charge in [0.2, 0.25) is 0 Å². The Kier molecular flexibility index (Phi) is 4.14. The van der Waals surface area contributed by atoms with Crippen LogP contribution < -0.4 is 5.32 Å². The Balaban J connectivity index is 1.96. The molecule has 4 nitrogen and oxygen atoms in total. The van der Waals surface area contributed by atoms with Crippen LogP contribution in [0.5, 0.6) is 0 Å². The minimum absolute atomic E-state index is 0.757. The zero-order chi connectivity index (χ0) is 13.1. The van der Waals surface area contributed by atoms with E-state index >= 15 is 0 Å².